The summed E-state index contributed by atoms with van der Waals surface area (Å²) in [6, 6.07) is 8.17. The maximum Gasteiger partial charge on any atom is 0.329 e. The first-order chi connectivity index (χ1) is 13.4. The third kappa shape index (κ3) is 4.08. The fraction of sp³-hybridized carbons (Fsp3) is 0.524. The van der Waals surface area contributed by atoms with Gasteiger partial charge < -0.3 is 10.1 Å². The first-order valence-corrected chi connectivity index (χ1v) is 9.78. The molecule has 3 amide bonds. The molecule has 28 heavy (non-hydrogen) atoms. The van der Waals surface area contributed by atoms with Crippen LogP contribution in [0.5, 0.6) is 0 Å². The number of nitrogens with zero attached hydrogens (tertiary/aromatic N) is 1. The standard InChI is InChI=1S/C21H26N2O5/c1-13(15-8-4-3-5-9-15)22-18(24)12-28-21(27)14(2)23-19(25)16-10-6-7-11-17(16)20(23)26/h3-5,8-9,13-14,16-17H,6-7,10-12H2,1-2H3,(H,22,24)/t13-,14+,16-,17+/m1/s1. The number of imide groups is 1. The van der Waals surface area contributed by atoms with Gasteiger partial charge in [-0.1, -0.05) is 43.2 Å². The maximum absolute atomic E-state index is 12.6. The van der Waals surface area contributed by atoms with Crippen molar-refractivity contribution in [1.29, 1.82) is 0 Å². The number of carbonyl (C=O) groups excluding carboxylic acids is 4. The Labute approximate surface area is 164 Å². The molecule has 2 aliphatic rings. The van der Waals surface area contributed by atoms with Crippen molar-refractivity contribution >= 4 is 23.7 Å². The number of amides is 3. The largest absolute Gasteiger partial charge is 0.454 e. The van der Waals surface area contributed by atoms with Crippen LogP contribution in [0.4, 0.5) is 0 Å². The predicted molar refractivity (Wildman–Crippen MR) is 101 cm³/mol. The van der Waals surface area contributed by atoms with E-state index >= 15 is 0 Å². The van der Waals surface area contributed by atoms with Crippen LogP contribution in [0.2, 0.25) is 0 Å². The number of benzene rings is 1. The monoisotopic (exact) mass is 386 g/mol. The second-order valence-corrected chi connectivity index (χ2v) is 7.53. The highest BCUT2D eigenvalue weighted by Gasteiger charge is 2.51. The van der Waals surface area contributed by atoms with Gasteiger partial charge in [-0.05, 0) is 32.3 Å². The third-order valence-electron chi connectivity index (χ3n) is 5.63. The average Bonchev–Trinajstić information content (AvgIpc) is 2.97. The molecule has 0 unspecified atom stereocenters. The van der Waals surface area contributed by atoms with Gasteiger partial charge in [-0.25, -0.2) is 4.79 Å². The summed E-state index contributed by atoms with van der Waals surface area (Å²) in [5.74, 6) is -2.40. The Hall–Kier alpha value is -2.70. The molecular weight excluding hydrogens is 360 g/mol. The molecule has 1 aliphatic heterocycles. The first-order valence-electron chi connectivity index (χ1n) is 9.78. The number of nitrogens with one attached hydrogen (secondary N) is 1. The van der Waals surface area contributed by atoms with E-state index in [1.165, 1.54) is 6.92 Å². The first kappa shape index (κ1) is 20.0. The fourth-order valence-corrected chi connectivity index (χ4v) is 4.04. The van der Waals surface area contributed by atoms with E-state index < -0.39 is 24.5 Å². The lowest BCUT2D eigenvalue weighted by atomic mass is 9.81. The second-order valence-electron chi connectivity index (χ2n) is 7.53. The summed E-state index contributed by atoms with van der Waals surface area (Å²) < 4.78 is 5.07. The van der Waals surface area contributed by atoms with Crippen LogP contribution in [0.15, 0.2) is 30.3 Å². The van der Waals surface area contributed by atoms with Gasteiger partial charge in [0.25, 0.3) is 5.91 Å². The molecule has 0 radical (unpaired) electrons. The number of hydrogen-bond donors (Lipinski definition) is 1. The van der Waals surface area contributed by atoms with E-state index in [0.717, 1.165) is 23.3 Å². The van der Waals surface area contributed by atoms with Crippen molar-refractivity contribution in [2.24, 2.45) is 11.8 Å². The topological polar surface area (TPSA) is 92.8 Å². The van der Waals surface area contributed by atoms with Crippen LogP contribution < -0.4 is 5.32 Å². The summed E-state index contributed by atoms with van der Waals surface area (Å²) >= 11 is 0. The minimum atomic E-state index is -1.02. The van der Waals surface area contributed by atoms with Crippen LogP contribution in [0.3, 0.4) is 0 Å². The summed E-state index contributed by atoms with van der Waals surface area (Å²) in [5, 5.41) is 2.75. The van der Waals surface area contributed by atoms with Gasteiger partial charge in [-0.3, -0.25) is 19.3 Å². The minimum Gasteiger partial charge on any atom is -0.454 e. The van der Waals surface area contributed by atoms with Gasteiger partial charge in [0.2, 0.25) is 11.8 Å². The zero-order valence-electron chi connectivity index (χ0n) is 16.2. The Kier molecular flexibility index (Phi) is 6.11. The molecule has 1 saturated heterocycles. The molecule has 7 nitrogen and oxygen atoms in total. The Morgan fingerprint density at radius 3 is 2.21 bits per heavy atom. The van der Waals surface area contributed by atoms with Gasteiger partial charge in [0, 0.05) is 0 Å². The van der Waals surface area contributed by atoms with E-state index in [0.29, 0.717) is 12.8 Å². The van der Waals surface area contributed by atoms with Crippen LogP contribution in [-0.2, 0) is 23.9 Å². The molecule has 1 N–H and O–H groups in total. The summed E-state index contributed by atoms with van der Waals surface area (Å²) in [7, 11) is 0. The highest BCUT2D eigenvalue weighted by Crippen LogP contribution is 2.38. The van der Waals surface area contributed by atoms with E-state index in [1.807, 2.05) is 37.3 Å². The third-order valence-corrected chi connectivity index (χ3v) is 5.63. The van der Waals surface area contributed by atoms with E-state index in [1.54, 1.807) is 0 Å². The molecule has 4 atom stereocenters. The van der Waals surface area contributed by atoms with E-state index in [9.17, 15) is 19.2 Å². The summed E-state index contributed by atoms with van der Waals surface area (Å²) in [5.41, 5.74) is 0.936. The normalized spacial score (nSPS) is 23.7. The number of ether oxygens (including phenoxy) is 1. The number of fused-ring (bicyclic) bond motifs is 1. The van der Waals surface area contributed by atoms with Crippen molar-refractivity contribution in [3.8, 4) is 0 Å². The predicted octanol–water partition coefficient (Wildman–Crippen LogP) is 1.97. The molecule has 1 aliphatic carbocycles. The van der Waals surface area contributed by atoms with Gasteiger partial charge in [-0.2, -0.15) is 0 Å². The summed E-state index contributed by atoms with van der Waals surface area (Å²) in [6.45, 7) is 2.85. The van der Waals surface area contributed by atoms with Gasteiger partial charge in [0.1, 0.15) is 6.04 Å². The Morgan fingerprint density at radius 2 is 1.64 bits per heavy atom. The number of hydrogen-bond acceptors (Lipinski definition) is 5. The molecule has 0 bridgehead atoms. The van der Waals surface area contributed by atoms with E-state index in [-0.39, 0.29) is 29.7 Å². The van der Waals surface area contributed by atoms with E-state index in [2.05, 4.69) is 5.32 Å². The van der Waals surface area contributed by atoms with Crippen molar-refractivity contribution in [1.82, 2.24) is 10.2 Å². The van der Waals surface area contributed by atoms with Crippen LogP contribution in [0.1, 0.15) is 51.1 Å². The lowest BCUT2D eigenvalue weighted by molar-refractivity contribution is -0.159. The van der Waals surface area contributed by atoms with Crippen LogP contribution in [-0.4, -0.2) is 41.2 Å². The van der Waals surface area contributed by atoms with Crippen molar-refractivity contribution < 1.29 is 23.9 Å². The van der Waals surface area contributed by atoms with Crippen molar-refractivity contribution in [2.45, 2.75) is 51.6 Å². The lowest BCUT2D eigenvalue weighted by Crippen LogP contribution is -2.45. The van der Waals surface area contributed by atoms with Gasteiger partial charge >= 0.3 is 5.97 Å². The molecular formula is C21H26N2O5. The van der Waals surface area contributed by atoms with Crippen molar-refractivity contribution in [3.05, 3.63) is 35.9 Å². The van der Waals surface area contributed by atoms with Crippen LogP contribution in [0, 0.1) is 11.8 Å². The summed E-state index contributed by atoms with van der Waals surface area (Å²) in [4.78, 5) is 50.6. The minimum absolute atomic E-state index is 0.227. The van der Waals surface area contributed by atoms with Gasteiger partial charge in [0.05, 0.1) is 17.9 Å². The molecule has 1 saturated carbocycles. The number of carbonyl (C=O) groups is 4. The molecule has 0 spiro atoms. The number of likely N-dealkylation sites (tertiary alicyclic amines) is 1. The molecule has 1 heterocycles. The van der Waals surface area contributed by atoms with E-state index in [4.69, 9.17) is 4.74 Å². The molecule has 1 aromatic carbocycles. The SMILES string of the molecule is C[C@@H](NC(=O)COC(=O)[C@H](C)N1C(=O)[C@H]2CCCC[C@H]2C1=O)c1ccccc1. The molecule has 3 rings (SSSR count). The fourth-order valence-electron chi connectivity index (χ4n) is 4.04. The highest BCUT2D eigenvalue weighted by atomic mass is 16.5. The quantitative estimate of drug-likeness (QED) is 0.596. The maximum atomic E-state index is 12.6. The average molecular weight is 386 g/mol. The number of rotatable bonds is 6. The molecule has 2 fully saturated rings. The molecule has 0 aromatic heterocycles. The van der Waals surface area contributed by atoms with Gasteiger partial charge in [-0.15, -0.1) is 0 Å². The van der Waals surface area contributed by atoms with Crippen LogP contribution >= 0.6 is 0 Å². The zero-order valence-corrected chi connectivity index (χ0v) is 16.2. The molecule has 150 valence electrons. The highest BCUT2D eigenvalue weighted by molar-refractivity contribution is 6.07. The molecule has 1 aromatic rings. The Morgan fingerprint density at radius 1 is 1.07 bits per heavy atom. The Bertz CT molecular complexity index is 739. The number of esters is 1. The zero-order chi connectivity index (χ0) is 20.3. The smallest absolute Gasteiger partial charge is 0.329 e. The second kappa shape index (κ2) is 8.54. The summed E-state index contributed by atoms with van der Waals surface area (Å²) in [6.07, 6.45) is 3.22. The Balaban J connectivity index is 1.52. The molecule has 7 heteroatoms. The van der Waals surface area contributed by atoms with Gasteiger partial charge in [0.15, 0.2) is 6.61 Å². The van der Waals surface area contributed by atoms with Crippen molar-refractivity contribution in [2.75, 3.05) is 6.61 Å². The van der Waals surface area contributed by atoms with Crippen LogP contribution in [0.25, 0.3) is 0 Å². The van der Waals surface area contributed by atoms with Crippen molar-refractivity contribution in [3.63, 3.8) is 0 Å². The lowest BCUT2D eigenvalue weighted by Gasteiger charge is -2.21.